The van der Waals surface area contributed by atoms with Crippen molar-refractivity contribution in [3.63, 3.8) is 0 Å². The Morgan fingerprint density at radius 1 is 0.867 bits per heavy atom. The molecule has 0 bridgehead atoms. The van der Waals surface area contributed by atoms with Gasteiger partial charge in [-0.1, -0.05) is 57.4 Å². The van der Waals surface area contributed by atoms with Crippen molar-refractivity contribution in [1.82, 2.24) is 0 Å². The summed E-state index contributed by atoms with van der Waals surface area (Å²) in [7, 11) is 0. The van der Waals surface area contributed by atoms with E-state index in [-0.39, 0.29) is 5.54 Å². The van der Waals surface area contributed by atoms with Crippen LogP contribution in [0.3, 0.4) is 0 Å². The van der Waals surface area contributed by atoms with Crippen LogP contribution in [0.25, 0.3) is 0 Å². The molecular weight excluding hydrogens is 368 g/mol. The van der Waals surface area contributed by atoms with Gasteiger partial charge >= 0.3 is 0 Å². The van der Waals surface area contributed by atoms with Crippen LogP contribution in [-0.4, -0.2) is 24.5 Å². The first-order valence-corrected chi connectivity index (χ1v) is 11.9. The fourth-order valence-electron chi connectivity index (χ4n) is 4.97. The number of fused-ring (bicyclic) bond motifs is 1. The van der Waals surface area contributed by atoms with Gasteiger partial charge in [-0.3, -0.25) is 4.99 Å². The van der Waals surface area contributed by atoms with Crippen molar-refractivity contribution in [2.24, 2.45) is 4.99 Å². The van der Waals surface area contributed by atoms with Crippen LogP contribution in [-0.2, 0) is 6.54 Å². The van der Waals surface area contributed by atoms with Gasteiger partial charge < -0.3 is 15.5 Å². The van der Waals surface area contributed by atoms with Gasteiger partial charge in [0.2, 0.25) is 0 Å². The second-order valence-corrected chi connectivity index (χ2v) is 8.47. The molecule has 4 heteroatoms. The van der Waals surface area contributed by atoms with Crippen LogP contribution in [0.4, 0.5) is 17.1 Å². The summed E-state index contributed by atoms with van der Waals surface area (Å²) in [6.45, 7) is 7.10. The summed E-state index contributed by atoms with van der Waals surface area (Å²) in [5.41, 5.74) is 4.97. The van der Waals surface area contributed by atoms with Crippen molar-refractivity contribution in [1.29, 1.82) is 0 Å². The molecule has 3 aliphatic rings. The first-order valence-electron chi connectivity index (χ1n) is 11.9. The zero-order valence-corrected chi connectivity index (χ0v) is 18.6. The first-order chi connectivity index (χ1) is 14.8. The minimum absolute atomic E-state index is 0.0286. The van der Waals surface area contributed by atoms with E-state index in [0.717, 1.165) is 30.9 Å². The maximum Gasteiger partial charge on any atom is 0.127 e. The lowest BCUT2D eigenvalue weighted by Crippen LogP contribution is -2.53. The number of nitrogens with one attached hydrogen (secondary N) is 2. The van der Waals surface area contributed by atoms with Gasteiger partial charge in [0.25, 0.3) is 0 Å². The summed E-state index contributed by atoms with van der Waals surface area (Å²) in [5.74, 6) is 1.12. The van der Waals surface area contributed by atoms with Crippen molar-refractivity contribution in [3.05, 3.63) is 54.1 Å². The largest absolute Gasteiger partial charge is 0.372 e. The van der Waals surface area contributed by atoms with Crippen LogP contribution in [0, 0.1) is 0 Å². The summed E-state index contributed by atoms with van der Waals surface area (Å²) < 4.78 is 0. The molecule has 2 N–H and O–H groups in total. The number of hydrogen-bond acceptors (Lipinski definition) is 3. The predicted molar refractivity (Wildman–Crippen MR) is 130 cm³/mol. The van der Waals surface area contributed by atoms with Crippen molar-refractivity contribution < 1.29 is 0 Å². The second-order valence-electron chi connectivity index (χ2n) is 8.47. The average Bonchev–Trinajstić information content (AvgIpc) is 3.35. The van der Waals surface area contributed by atoms with E-state index in [0.29, 0.717) is 0 Å². The molecular formula is C26H36N4. The molecule has 30 heavy (non-hydrogen) atoms. The van der Waals surface area contributed by atoms with E-state index in [1.165, 1.54) is 62.1 Å². The van der Waals surface area contributed by atoms with E-state index in [9.17, 15) is 0 Å². The topological polar surface area (TPSA) is 39.7 Å². The average molecular weight is 405 g/mol. The van der Waals surface area contributed by atoms with Crippen molar-refractivity contribution in [3.8, 4) is 0 Å². The highest BCUT2D eigenvalue weighted by atomic mass is 15.2. The minimum atomic E-state index is -0.0286. The molecule has 5 rings (SSSR count). The van der Waals surface area contributed by atoms with Gasteiger partial charge in [-0.25, -0.2) is 0 Å². The number of anilines is 3. The molecule has 2 aromatic carbocycles. The quantitative estimate of drug-likeness (QED) is 0.617. The number of rotatable bonds is 3. The lowest BCUT2D eigenvalue weighted by molar-refractivity contribution is 0.403. The molecule has 0 amide bonds. The van der Waals surface area contributed by atoms with Gasteiger partial charge in [-0.2, -0.15) is 0 Å². The molecule has 1 spiro atoms. The third-order valence-corrected chi connectivity index (χ3v) is 6.52. The number of amidine groups is 1. The zero-order valence-electron chi connectivity index (χ0n) is 18.6. The van der Waals surface area contributed by atoms with Gasteiger partial charge in [-0.15, -0.1) is 0 Å². The zero-order chi connectivity index (χ0) is 20.8. The fourth-order valence-corrected chi connectivity index (χ4v) is 4.97. The molecule has 1 aliphatic carbocycles. The molecule has 0 aromatic heterocycles. The lowest BCUT2D eigenvalue weighted by Gasteiger charge is -2.44. The minimum Gasteiger partial charge on any atom is -0.372 e. The monoisotopic (exact) mass is 404 g/mol. The third kappa shape index (κ3) is 4.33. The summed E-state index contributed by atoms with van der Waals surface area (Å²) in [6.07, 6.45) is 8.78. The van der Waals surface area contributed by atoms with Crippen LogP contribution in [0.15, 0.2) is 53.5 Å². The van der Waals surface area contributed by atoms with Crippen LogP contribution >= 0.6 is 0 Å². The molecule has 1 saturated heterocycles. The smallest absolute Gasteiger partial charge is 0.127 e. The standard InChI is InChI=1S/C24H30N4.C2H6/c1-4-13-24(14-5-1)23(26-21-11-2-3-12-22(21)27-24)25-18-19-9-8-10-20(17-19)28-15-6-7-16-28;1-2/h2-3,8-12,17,27H,1,4-7,13-16,18H2,(H,25,26);1-2H3. The number of aliphatic imine (C=N–C) groups is 1. The van der Waals surface area contributed by atoms with Crippen molar-refractivity contribution >= 4 is 22.9 Å². The molecule has 2 aliphatic heterocycles. The molecule has 0 radical (unpaired) electrons. The van der Waals surface area contributed by atoms with Crippen molar-refractivity contribution in [2.75, 3.05) is 28.6 Å². The van der Waals surface area contributed by atoms with E-state index in [1.807, 2.05) is 13.8 Å². The normalized spacial score (nSPS) is 20.7. The number of nitrogens with zero attached hydrogens (tertiary/aromatic N) is 2. The maximum absolute atomic E-state index is 5.12. The molecule has 0 unspecified atom stereocenters. The van der Waals surface area contributed by atoms with Gasteiger partial charge in [-0.05, 0) is 55.5 Å². The van der Waals surface area contributed by atoms with E-state index >= 15 is 0 Å². The van der Waals surface area contributed by atoms with E-state index in [1.54, 1.807) is 0 Å². The number of para-hydroxylation sites is 2. The maximum atomic E-state index is 5.12. The Hall–Kier alpha value is -2.49. The Bertz CT molecular complexity index is 861. The van der Waals surface area contributed by atoms with Crippen LogP contribution < -0.4 is 15.5 Å². The van der Waals surface area contributed by atoms with Crippen LogP contribution in [0.2, 0.25) is 0 Å². The Labute approximate surface area is 181 Å². The van der Waals surface area contributed by atoms with Crippen LogP contribution in [0.1, 0.15) is 64.4 Å². The number of benzene rings is 2. The Morgan fingerprint density at radius 2 is 1.60 bits per heavy atom. The Morgan fingerprint density at radius 3 is 2.37 bits per heavy atom. The number of hydrogen-bond donors (Lipinski definition) is 2. The van der Waals surface area contributed by atoms with E-state index in [2.05, 4.69) is 64.1 Å². The fraction of sp³-hybridized carbons (Fsp3) is 0.500. The molecule has 160 valence electrons. The molecule has 1 saturated carbocycles. The molecule has 4 nitrogen and oxygen atoms in total. The third-order valence-electron chi connectivity index (χ3n) is 6.52. The Kier molecular flexibility index (Phi) is 6.61. The molecule has 2 aromatic rings. The van der Waals surface area contributed by atoms with Crippen LogP contribution in [0.5, 0.6) is 0 Å². The van der Waals surface area contributed by atoms with Gasteiger partial charge in [0.1, 0.15) is 5.84 Å². The predicted octanol–water partition coefficient (Wildman–Crippen LogP) is 6.45. The van der Waals surface area contributed by atoms with Gasteiger partial charge in [0, 0.05) is 18.8 Å². The highest BCUT2D eigenvalue weighted by molar-refractivity contribution is 6.09. The van der Waals surface area contributed by atoms with Crippen molar-refractivity contribution in [2.45, 2.75) is 70.9 Å². The summed E-state index contributed by atoms with van der Waals surface area (Å²) in [5, 5.41) is 7.53. The highest BCUT2D eigenvalue weighted by Crippen LogP contribution is 2.39. The Balaban J connectivity index is 0.00000106. The molecule has 2 fully saturated rings. The van der Waals surface area contributed by atoms with Gasteiger partial charge in [0.05, 0.1) is 23.5 Å². The summed E-state index contributed by atoms with van der Waals surface area (Å²) >= 11 is 0. The second kappa shape index (κ2) is 9.55. The summed E-state index contributed by atoms with van der Waals surface area (Å²) in [6, 6.07) is 17.5. The van der Waals surface area contributed by atoms with Gasteiger partial charge in [0.15, 0.2) is 0 Å². The summed E-state index contributed by atoms with van der Waals surface area (Å²) in [4.78, 5) is 7.62. The first kappa shape index (κ1) is 20.8. The highest BCUT2D eigenvalue weighted by Gasteiger charge is 2.40. The SMILES string of the molecule is CC.c1cc(CN=C2Nc3ccccc3NC23CCCCC3)cc(N2CCCC2)c1. The molecule has 2 heterocycles. The molecule has 0 atom stereocenters. The van der Waals surface area contributed by atoms with E-state index < -0.39 is 0 Å². The lowest BCUT2D eigenvalue weighted by atomic mass is 9.79. The van der Waals surface area contributed by atoms with E-state index in [4.69, 9.17) is 4.99 Å².